The van der Waals surface area contributed by atoms with E-state index in [1.54, 1.807) is 42.9 Å². The van der Waals surface area contributed by atoms with Crippen molar-refractivity contribution >= 4 is 17.9 Å². The van der Waals surface area contributed by atoms with Gasteiger partial charge in [-0.3, -0.25) is 10.00 Å². The number of likely N-dealkylation sites (tertiary alicyclic amines) is 1. The fourth-order valence-electron chi connectivity index (χ4n) is 3.09. The van der Waals surface area contributed by atoms with Gasteiger partial charge in [-0.15, -0.1) is 0 Å². The van der Waals surface area contributed by atoms with Crippen molar-refractivity contribution in [2.45, 2.75) is 32.5 Å². The average Bonchev–Trinajstić information content (AvgIpc) is 3.24. The maximum Gasteiger partial charge on any atom is 0.411 e. The molecule has 0 unspecified atom stereocenters. The van der Waals surface area contributed by atoms with E-state index in [1.807, 2.05) is 13.1 Å². The number of carbonyl (C=O) groups excluding carboxylic acids is 1. The monoisotopic (exact) mass is 388 g/mol. The van der Waals surface area contributed by atoms with Crippen molar-refractivity contribution in [3.8, 4) is 17.0 Å². The number of hydrogen-bond donors (Lipinski definition) is 2. The van der Waals surface area contributed by atoms with E-state index in [4.69, 9.17) is 14.6 Å². The van der Waals surface area contributed by atoms with E-state index < -0.39 is 12.2 Å². The number of anilines is 1. The molecular formula is C19H24N4O5. The molecule has 9 heteroatoms. The van der Waals surface area contributed by atoms with Gasteiger partial charge < -0.3 is 19.5 Å². The number of aryl methyl sites for hydroxylation is 1. The lowest BCUT2D eigenvalue weighted by Gasteiger charge is -2.18. The summed E-state index contributed by atoms with van der Waals surface area (Å²) in [5.74, 6) is 0.601. The highest BCUT2D eigenvalue weighted by molar-refractivity contribution is 5.86. The minimum absolute atomic E-state index is 0.223. The van der Waals surface area contributed by atoms with Crippen molar-refractivity contribution in [2.75, 3.05) is 18.4 Å². The fourth-order valence-corrected chi connectivity index (χ4v) is 3.09. The fraction of sp³-hybridized carbons (Fsp3) is 0.421. The molecule has 1 aliphatic rings. The van der Waals surface area contributed by atoms with E-state index >= 15 is 0 Å². The summed E-state index contributed by atoms with van der Waals surface area (Å²) in [6, 6.07) is 7.12. The Hall–Kier alpha value is -3.23. The Morgan fingerprint density at radius 2 is 2.11 bits per heavy atom. The van der Waals surface area contributed by atoms with E-state index in [-0.39, 0.29) is 12.2 Å². The third kappa shape index (κ3) is 4.54. The van der Waals surface area contributed by atoms with Crippen LogP contribution in [0.1, 0.15) is 20.3 Å². The highest BCUT2D eigenvalue weighted by atomic mass is 16.6. The van der Waals surface area contributed by atoms with Crippen LogP contribution in [0.4, 0.5) is 15.3 Å². The topological polar surface area (TPSA) is 106 Å². The van der Waals surface area contributed by atoms with Crippen molar-refractivity contribution in [1.82, 2.24) is 14.7 Å². The van der Waals surface area contributed by atoms with Crippen LogP contribution < -0.4 is 10.1 Å². The molecule has 1 fully saturated rings. The molecule has 0 bridgehead atoms. The molecule has 1 aromatic carbocycles. The molecule has 0 aliphatic carbocycles. The van der Waals surface area contributed by atoms with Crippen molar-refractivity contribution < 1.29 is 24.2 Å². The van der Waals surface area contributed by atoms with Gasteiger partial charge in [-0.05, 0) is 38.1 Å². The molecule has 150 valence electrons. The summed E-state index contributed by atoms with van der Waals surface area (Å²) in [6.45, 7) is 4.32. The quantitative estimate of drug-likeness (QED) is 0.815. The van der Waals surface area contributed by atoms with Gasteiger partial charge in [0.15, 0.2) is 0 Å². The third-order valence-electron chi connectivity index (χ3n) is 4.37. The van der Waals surface area contributed by atoms with Gasteiger partial charge >= 0.3 is 12.2 Å². The van der Waals surface area contributed by atoms with Gasteiger partial charge in [0.2, 0.25) is 0 Å². The zero-order chi connectivity index (χ0) is 20.3. The lowest BCUT2D eigenvalue weighted by Crippen LogP contribution is -2.29. The molecule has 1 aromatic heterocycles. The standard InChI is InChI=1S/C19H24N4O5/c1-12(2)27-18(24)21-13-4-5-17(15(10-13)16-6-8-20-22(16)3)28-14-7-9-23(11-14)19(25)26/h4-6,8,10,12,14H,7,9,11H2,1-3H3,(H,21,24)(H,25,26)/t14-/m1/s1. The van der Waals surface area contributed by atoms with Gasteiger partial charge in [0.05, 0.1) is 18.3 Å². The Bertz CT molecular complexity index is 864. The molecular weight excluding hydrogens is 364 g/mol. The second-order valence-electron chi connectivity index (χ2n) is 6.89. The highest BCUT2D eigenvalue weighted by Crippen LogP contribution is 2.34. The molecule has 1 saturated heterocycles. The van der Waals surface area contributed by atoms with Gasteiger partial charge in [0.25, 0.3) is 0 Å². The van der Waals surface area contributed by atoms with Crippen LogP contribution >= 0.6 is 0 Å². The van der Waals surface area contributed by atoms with Crippen molar-refractivity contribution in [1.29, 1.82) is 0 Å². The molecule has 3 rings (SSSR count). The summed E-state index contributed by atoms with van der Waals surface area (Å²) in [5.41, 5.74) is 2.12. The molecule has 28 heavy (non-hydrogen) atoms. The Labute approximate surface area is 162 Å². The first-order valence-corrected chi connectivity index (χ1v) is 9.08. The summed E-state index contributed by atoms with van der Waals surface area (Å²) in [5, 5.41) is 16.0. The Kier molecular flexibility index (Phi) is 5.72. The molecule has 1 aliphatic heterocycles. The number of amides is 2. The van der Waals surface area contributed by atoms with E-state index in [1.165, 1.54) is 4.90 Å². The van der Waals surface area contributed by atoms with Crippen LogP contribution in [0.15, 0.2) is 30.5 Å². The number of nitrogens with one attached hydrogen (secondary N) is 1. The van der Waals surface area contributed by atoms with Crippen molar-refractivity contribution in [2.24, 2.45) is 7.05 Å². The van der Waals surface area contributed by atoms with Gasteiger partial charge in [0, 0.05) is 37.5 Å². The van der Waals surface area contributed by atoms with Crippen LogP contribution in [0.5, 0.6) is 5.75 Å². The summed E-state index contributed by atoms with van der Waals surface area (Å²) in [4.78, 5) is 24.4. The number of benzene rings is 1. The van der Waals surface area contributed by atoms with Gasteiger partial charge in [0.1, 0.15) is 11.9 Å². The molecule has 0 radical (unpaired) electrons. The Morgan fingerprint density at radius 1 is 1.32 bits per heavy atom. The number of nitrogens with zero attached hydrogens (tertiary/aromatic N) is 3. The molecule has 0 spiro atoms. The zero-order valence-corrected chi connectivity index (χ0v) is 16.1. The van der Waals surface area contributed by atoms with Gasteiger partial charge in [-0.1, -0.05) is 0 Å². The van der Waals surface area contributed by atoms with E-state index in [0.29, 0.717) is 30.9 Å². The van der Waals surface area contributed by atoms with E-state index in [9.17, 15) is 9.59 Å². The van der Waals surface area contributed by atoms with E-state index in [2.05, 4.69) is 10.4 Å². The van der Waals surface area contributed by atoms with Crippen molar-refractivity contribution in [3.05, 3.63) is 30.5 Å². The number of rotatable bonds is 5. The maximum atomic E-state index is 11.9. The number of ether oxygens (including phenoxy) is 2. The number of hydrogen-bond acceptors (Lipinski definition) is 5. The lowest BCUT2D eigenvalue weighted by molar-refractivity contribution is 0.130. The van der Waals surface area contributed by atoms with Crippen LogP contribution in [0, 0.1) is 0 Å². The Balaban J connectivity index is 1.84. The SMILES string of the molecule is CC(C)OC(=O)Nc1ccc(O[C@@H]2CCN(C(=O)O)C2)c(-c2ccnn2C)c1. The smallest absolute Gasteiger partial charge is 0.411 e. The third-order valence-corrected chi connectivity index (χ3v) is 4.37. The van der Waals surface area contributed by atoms with Crippen LogP contribution in [-0.4, -0.2) is 57.3 Å². The first-order chi connectivity index (χ1) is 13.3. The highest BCUT2D eigenvalue weighted by Gasteiger charge is 2.28. The Morgan fingerprint density at radius 3 is 2.71 bits per heavy atom. The molecule has 2 aromatic rings. The first-order valence-electron chi connectivity index (χ1n) is 9.08. The number of carboxylic acid groups (broad SMARTS) is 1. The minimum atomic E-state index is -0.943. The molecule has 1 atom stereocenters. The molecule has 2 N–H and O–H groups in total. The second kappa shape index (κ2) is 8.20. The van der Waals surface area contributed by atoms with Crippen LogP contribution in [0.2, 0.25) is 0 Å². The molecule has 0 saturated carbocycles. The van der Waals surface area contributed by atoms with Gasteiger partial charge in [-0.2, -0.15) is 5.10 Å². The van der Waals surface area contributed by atoms with Crippen LogP contribution in [-0.2, 0) is 11.8 Å². The molecule has 2 amide bonds. The van der Waals surface area contributed by atoms with Crippen molar-refractivity contribution in [3.63, 3.8) is 0 Å². The predicted molar refractivity (Wildman–Crippen MR) is 103 cm³/mol. The summed E-state index contributed by atoms with van der Waals surface area (Å²) < 4.78 is 12.9. The predicted octanol–water partition coefficient (Wildman–Crippen LogP) is 3.18. The molecule has 2 heterocycles. The van der Waals surface area contributed by atoms with Crippen LogP contribution in [0.25, 0.3) is 11.3 Å². The zero-order valence-electron chi connectivity index (χ0n) is 16.1. The molecule has 9 nitrogen and oxygen atoms in total. The largest absolute Gasteiger partial charge is 0.488 e. The summed E-state index contributed by atoms with van der Waals surface area (Å²) >= 11 is 0. The minimum Gasteiger partial charge on any atom is -0.488 e. The van der Waals surface area contributed by atoms with Gasteiger partial charge in [-0.25, -0.2) is 9.59 Å². The van der Waals surface area contributed by atoms with E-state index in [0.717, 1.165) is 11.3 Å². The average molecular weight is 388 g/mol. The first kappa shape index (κ1) is 19.5. The lowest BCUT2D eigenvalue weighted by atomic mass is 10.1. The second-order valence-corrected chi connectivity index (χ2v) is 6.89. The summed E-state index contributed by atoms with van der Waals surface area (Å²) in [7, 11) is 1.81. The normalized spacial score (nSPS) is 16.3. The van der Waals surface area contributed by atoms with Crippen LogP contribution in [0.3, 0.4) is 0 Å². The summed E-state index contributed by atoms with van der Waals surface area (Å²) in [6.07, 6.45) is 0.367. The maximum absolute atomic E-state index is 11.9. The number of aromatic nitrogens is 2. The number of carbonyl (C=O) groups is 2.